The lowest BCUT2D eigenvalue weighted by Crippen LogP contribution is -2.26. The maximum Gasteiger partial charge on any atom is 0.305 e. The maximum absolute atomic E-state index is 11.7. The van der Waals surface area contributed by atoms with Crippen molar-refractivity contribution in [2.24, 2.45) is 10.2 Å². The number of thioether (sulfide) groups is 1. The molecule has 8 heteroatoms. The van der Waals surface area contributed by atoms with Crippen LogP contribution < -0.4 is 5.32 Å². The van der Waals surface area contributed by atoms with Gasteiger partial charge in [-0.3, -0.25) is 14.5 Å². The van der Waals surface area contributed by atoms with Crippen molar-refractivity contribution in [3.63, 3.8) is 0 Å². The number of rotatable bonds is 6. The molecule has 2 fully saturated rings. The van der Waals surface area contributed by atoms with Crippen LogP contribution in [0.5, 0.6) is 0 Å². The average molecular weight is 388 g/mol. The molecule has 3 rings (SSSR count). The molecule has 1 aromatic rings. The average Bonchev–Trinajstić information content (AvgIpc) is 2.82. The first-order chi connectivity index (χ1) is 13.1. The Morgan fingerprint density at radius 1 is 1.30 bits per heavy atom. The third kappa shape index (κ3) is 6.18. The molecule has 7 nitrogen and oxygen atoms in total. The summed E-state index contributed by atoms with van der Waals surface area (Å²) in [5, 5.41) is 19.1. The topological polar surface area (TPSA) is 94.4 Å². The van der Waals surface area contributed by atoms with E-state index in [1.165, 1.54) is 31.2 Å². The van der Waals surface area contributed by atoms with Gasteiger partial charge in [-0.1, -0.05) is 42.8 Å². The van der Waals surface area contributed by atoms with Crippen molar-refractivity contribution in [1.82, 2.24) is 10.2 Å². The Hall–Kier alpha value is -2.19. The lowest BCUT2D eigenvalue weighted by Gasteiger charge is -2.19. The van der Waals surface area contributed by atoms with E-state index in [1.807, 2.05) is 12.1 Å². The molecule has 27 heavy (non-hydrogen) atoms. The third-order valence-electron chi connectivity index (χ3n) is 4.55. The number of hydrogen-bond acceptors (Lipinski definition) is 6. The molecule has 0 radical (unpaired) electrons. The van der Waals surface area contributed by atoms with Gasteiger partial charge in [0.15, 0.2) is 5.17 Å². The van der Waals surface area contributed by atoms with Crippen molar-refractivity contribution < 1.29 is 14.7 Å². The minimum absolute atomic E-state index is 0.224. The number of carboxylic acid groups (broad SMARTS) is 1. The fourth-order valence-electron chi connectivity index (χ4n) is 3.22. The second-order valence-corrected chi connectivity index (χ2v) is 7.97. The summed E-state index contributed by atoms with van der Waals surface area (Å²) in [6.07, 6.45) is 6.61. The molecular formula is C19H24N4O3S. The highest BCUT2D eigenvalue weighted by Gasteiger charge is 2.32. The number of nitrogens with one attached hydrogen (secondary N) is 1. The highest BCUT2D eigenvalue weighted by Crippen LogP contribution is 2.22. The van der Waals surface area contributed by atoms with E-state index in [0.717, 1.165) is 37.0 Å². The molecule has 0 aromatic heterocycles. The van der Waals surface area contributed by atoms with Crippen molar-refractivity contribution in [2.45, 2.75) is 43.9 Å². The lowest BCUT2D eigenvalue weighted by atomic mass is 10.1. The van der Waals surface area contributed by atoms with Crippen LogP contribution in [0.1, 0.15) is 43.2 Å². The zero-order valence-electron chi connectivity index (χ0n) is 15.1. The van der Waals surface area contributed by atoms with Crippen LogP contribution in [0.25, 0.3) is 0 Å². The van der Waals surface area contributed by atoms with Gasteiger partial charge in [0.2, 0.25) is 5.91 Å². The first kappa shape index (κ1) is 19.6. The summed E-state index contributed by atoms with van der Waals surface area (Å²) >= 11 is 1.10. The molecule has 1 amide bonds. The number of amidine groups is 1. The first-order valence-corrected chi connectivity index (χ1v) is 10.1. The van der Waals surface area contributed by atoms with E-state index < -0.39 is 11.2 Å². The van der Waals surface area contributed by atoms with Crippen LogP contribution in [0.15, 0.2) is 34.5 Å². The Kier molecular flexibility index (Phi) is 7.00. The van der Waals surface area contributed by atoms with Gasteiger partial charge in [-0.25, -0.2) is 0 Å². The number of amides is 1. The van der Waals surface area contributed by atoms with Gasteiger partial charge in [0.1, 0.15) is 5.25 Å². The molecule has 0 aliphatic carbocycles. The van der Waals surface area contributed by atoms with Crippen molar-refractivity contribution in [2.75, 3.05) is 13.1 Å². The van der Waals surface area contributed by atoms with Gasteiger partial charge in [-0.15, -0.1) is 5.10 Å². The summed E-state index contributed by atoms with van der Waals surface area (Å²) in [5.74, 6) is -1.34. The van der Waals surface area contributed by atoms with Gasteiger partial charge < -0.3 is 10.4 Å². The maximum atomic E-state index is 11.7. The predicted octanol–water partition coefficient (Wildman–Crippen LogP) is 2.46. The first-order valence-electron chi connectivity index (χ1n) is 9.22. The monoisotopic (exact) mass is 388 g/mol. The van der Waals surface area contributed by atoms with Crippen LogP contribution in [-0.4, -0.2) is 51.6 Å². The highest BCUT2D eigenvalue weighted by molar-refractivity contribution is 8.15. The fourth-order valence-corrected chi connectivity index (χ4v) is 4.13. The third-order valence-corrected chi connectivity index (χ3v) is 5.62. The molecule has 1 unspecified atom stereocenters. The van der Waals surface area contributed by atoms with E-state index in [0.29, 0.717) is 5.17 Å². The number of nitrogens with zero attached hydrogens (tertiary/aromatic N) is 3. The minimum Gasteiger partial charge on any atom is -0.481 e. The van der Waals surface area contributed by atoms with Crippen LogP contribution in [0.4, 0.5) is 0 Å². The summed E-state index contributed by atoms with van der Waals surface area (Å²) in [6, 6.07) is 8.19. The molecule has 1 aromatic carbocycles. The minimum atomic E-state index is -1.01. The number of benzene rings is 1. The van der Waals surface area contributed by atoms with Gasteiger partial charge in [0, 0.05) is 6.54 Å². The molecule has 2 N–H and O–H groups in total. The van der Waals surface area contributed by atoms with Gasteiger partial charge in [0.05, 0.1) is 12.6 Å². The second kappa shape index (κ2) is 9.66. The van der Waals surface area contributed by atoms with Crippen LogP contribution in [0.3, 0.4) is 0 Å². The Bertz CT molecular complexity index is 742. The Morgan fingerprint density at radius 3 is 2.81 bits per heavy atom. The van der Waals surface area contributed by atoms with E-state index in [2.05, 4.69) is 32.6 Å². The summed E-state index contributed by atoms with van der Waals surface area (Å²) in [4.78, 5) is 24.9. The number of carboxylic acids is 1. The van der Waals surface area contributed by atoms with Crippen molar-refractivity contribution in [3.8, 4) is 0 Å². The lowest BCUT2D eigenvalue weighted by molar-refractivity contribution is -0.138. The summed E-state index contributed by atoms with van der Waals surface area (Å²) in [7, 11) is 0. The molecule has 2 heterocycles. The number of aliphatic carboxylic acids is 1. The normalized spacial score (nSPS) is 22.9. The molecule has 2 aliphatic rings. The quantitative estimate of drug-likeness (QED) is 0.577. The van der Waals surface area contributed by atoms with Gasteiger partial charge in [-0.2, -0.15) is 5.10 Å². The van der Waals surface area contributed by atoms with Crippen LogP contribution >= 0.6 is 11.8 Å². The van der Waals surface area contributed by atoms with Gasteiger partial charge >= 0.3 is 5.97 Å². The predicted molar refractivity (Wildman–Crippen MR) is 107 cm³/mol. The zero-order chi connectivity index (χ0) is 19.1. The molecule has 0 bridgehead atoms. The Labute approximate surface area is 162 Å². The van der Waals surface area contributed by atoms with Gasteiger partial charge in [0.25, 0.3) is 0 Å². The smallest absolute Gasteiger partial charge is 0.305 e. The van der Waals surface area contributed by atoms with E-state index in [-0.39, 0.29) is 12.3 Å². The summed E-state index contributed by atoms with van der Waals surface area (Å²) < 4.78 is 0. The molecule has 2 saturated heterocycles. The number of carbonyl (C=O) groups excluding carboxylic acids is 1. The SMILES string of the molecule is O=C(O)CC1SC(=NN=Cc2cccc(CN3CCCCCC3)c2)NC1=O. The molecule has 0 saturated carbocycles. The van der Waals surface area contributed by atoms with Crippen molar-refractivity contribution >= 4 is 35.0 Å². The summed E-state index contributed by atoms with van der Waals surface area (Å²) in [6.45, 7) is 3.25. The number of likely N-dealkylation sites (tertiary alicyclic amines) is 1. The Balaban J connectivity index is 1.57. The van der Waals surface area contributed by atoms with E-state index >= 15 is 0 Å². The van der Waals surface area contributed by atoms with Crippen LogP contribution in [0, 0.1) is 0 Å². The molecule has 2 aliphatic heterocycles. The van der Waals surface area contributed by atoms with Crippen molar-refractivity contribution in [3.05, 3.63) is 35.4 Å². The molecular weight excluding hydrogens is 364 g/mol. The van der Waals surface area contributed by atoms with E-state index in [4.69, 9.17) is 5.11 Å². The van der Waals surface area contributed by atoms with Crippen LogP contribution in [-0.2, 0) is 16.1 Å². The Morgan fingerprint density at radius 2 is 2.07 bits per heavy atom. The second-order valence-electron chi connectivity index (χ2n) is 6.78. The van der Waals surface area contributed by atoms with Crippen LogP contribution in [0.2, 0.25) is 0 Å². The highest BCUT2D eigenvalue weighted by atomic mass is 32.2. The summed E-state index contributed by atoms with van der Waals surface area (Å²) in [5.41, 5.74) is 2.20. The standard InChI is InChI=1S/C19H24N4O3S/c24-17(25)11-16-18(26)21-19(27-16)22-20-12-14-6-5-7-15(10-14)13-23-8-3-1-2-4-9-23/h5-7,10,12,16H,1-4,8-9,11,13H2,(H,24,25)(H,21,22,26). The number of hydrogen-bond donors (Lipinski definition) is 2. The fraction of sp³-hybridized carbons (Fsp3) is 0.474. The van der Waals surface area contributed by atoms with Gasteiger partial charge in [-0.05, 0) is 43.1 Å². The van der Waals surface area contributed by atoms with E-state index in [9.17, 15) is 9.59 Å². The van der Waals surface area contributed by atoms with Crippen molar-refractivity contribution in [1.29, 1.82) is 0 Å². The number of carbonyl (C=O) groups is 2. The van der Waals surface area contributed by atoms with E-state index in [1.54, 1.807) is 6.21 Å². The molecule has 1 atom stereocenters. The largest absolute Gasteiger partial charge is 0.481 e. The zero-order valence-corrected chi connectivity index (χ0v) is 16.0. The molecule has 0 spiro atoms. The molecule has 144 valence electrons.